The molecule has 5 rings (SSSR count). The minimum Gasteiger partial charge on any atom is -0.507 e. The van der Waals surface area contributed by atoms with E-state index in [1.165, 1.54) is 6.21 Å². The van der Waals surface area contributed by atoms with Gasteiger partial charge in [-0.1, -0.05) is 36.4 Å². The van der Waals surface area contributed by atoms with E-state index in [2.05, 4.69) is 10.5 Å². The standard InChI is InChI=1S/C24H20N2O3/c27-20-12-13-22-23(18-9-3-4-11-21(18)29-22)19(20)14-25-26-24(28)17-10-5-7-15-6-1-2-8-16(15)17/h1-2,5-8,10,12-14,27H,3-4,9,11H2,(H,26,28). The molecule has 1 aromatic heterocycles. The molecule has 29 heavy (non-hydrogen) atoms. The smallest absolute Gasteiger partial charge is 0.271 e. The van der Waals surface area contributed by atoms with Crippen molar-refractivity contribution in [1.82, 2.24) is 5.43 Å². The van der Waals surface area contributed by atoms with Gasteiger partial charge < -0.3 is 9.52 Å². The van der Waals surface area contributed by atoms with Crippen LogP contribution in [0.5, 0.6) is 5.75 Å². The highest BCUT2D eigenvalue weighted by Gasteiger charge is 2.21. The van der Waals surface area contributed by atoms with Gasteiger partial charge in [0.2, 0.25) is 0 Å². The molecule has 144 valence electrons. The van der Waals surface area contributed by atoms with Crippen molar-refractivity contribution in [1.29, 1.82) is 0 Å². The Morgan fingerprint density at radius 1 is 1.03 bits per heavy atom. The molecule has 0 aliphatic heterocycles. The van der Waals surface area contributed by atoms with Gasteiger partial charge in [0.1, 0.15) is 17.1 Å². The van der Waals surface area contributed by atoms with E-state index in [0.29, 0.717) is 11.1 Å². The van der Waals surface area contributed by atoms with Gasteiger partial charge in [0.05, 0.1) is 6.21 Å². The van der Waals surface area contributed by atoms with Gasteiger partial charge in [-0.3, -0.25) is 4.79 Å². The van der Waals surface area contributed by atoms with Crippen molar-refractivity contribution in [3.63, 3.8) is 0 Å². The summed E-state index contributed by atoms with van der Waals surface area (Å²) in [5.74, 6) is 0.820. The third kappa shape index (κ3) is 3.05. The Bertz CT molecular complexity index is 1260. The highest BCUT2D eigenvalue weighted by molar-refractivity contribution is 6.08. The minimum atomic E-state index is -0.293. The molecule has 1 amide bonds. The largest absolute Gasteiger partial charge is 0.507 e. The SMILES string of the molecule is O=C(NN=Cc1c(O)ccc2oc3c(c12)CCCC3)c1cccc2ccccc12. The van der Waals surface area contributed by atoms with Crippen molar-refractivity contribution in [3.05, 3.63) is 77.0 Å². The van der Waals surface area contributed by atoms with E-state index in [1.807, 2.05) is 36.4 Å². The van der Waals surface area contributed by atoms with Crippen LogP contribution in [0.25, 0.3) is 21.7 Å². The molecular weight excluding hydrogens is 364 g/mol. The topological polar surface area (TPSA) is 74.8 Å². The number of aryl methyl sites for hydroxylation is 2. The summed E-state index contributed by atoms with van der Waals surface area (Å²) in [7, 11) is 0. The fraction of sp³-hybridized carbons (Fsp3) is 0.167. The van der Waals surface area contributed by atoms with Crippen LogP contribution in [0.15, 0.2) is 64.1 Å². The predicted octanol–water partition coefficient (Wildman–Crippen LogP) is 4.93. The molecule has 0 saturated heterocycles. The molecule has 1 heterocycles. The number of hydrogen-bond donors (Lipinski definition) is 2. The summed E-state index contributed by atoms with van der Waals surface area (Å²) in [6, 6.07) is 16.7. The summed E-state index contributed by atoms with van der Waals surface area (Å²) in [5.41, 5.74) is 5.62. The Morgan fingerprint density at radius 3 is 2.79 bits per heavy atom. The zero-order chi connectivity index (χ0) is 19.8. The van der Waals surface area contributed by atoms with Crippen LogP contribution in [0.4, 0.5) is 0 Å². The molecule has 4 aromatic rings. The van der Waals surface area contributed by atoms with Crippen LogP contribution in [0.1, 0.15) is 40.1 Å². The average Bonchev–Trinajstić information content (AvgIpc) is 3.13. The molecule has 0 saturated carbocycles. The normalized spacial score (nSPS) is 13.8. The number of nitrogens with zero attached hydrogens (tertiary/aromatic N) is 1. The van der Waals surface area contributed by atoms with Crippen molar-refractivity contribution in [2.45, 2.75) is 25.7 Å². The summed E-state index contributed by atoms with van der Waals surface area (Å²) < 4.78 is 5.97. The average molecular weight is 384 g/mol. The van der Waals surface area contributed by atoms with Crippen LogP contribution < -0.4 is 5.43 Å². The maximum absolute atomic E-state index is 12.7. The molecule has 2 N–H and O–H groups in total. The number of nitrogens with one attached hydrogen (secondary N) is 1. The van der Waals surface area contributed by atoms with E-state index in [4.69, 9.17) is 4.42 Å². The van der Waals surface area contributed by atoms with Gasteiger partial charge in [0, 0.05) is 28.5 Å². The van der Waals surface area contributed by atoms with E-state index < -0.39 is 0 Å². The summed E-state index contributed by atoms with van der Waals surface area (Å²) in [4.78, 5) is 12.7. The Morgan fingerprint density at radius 2 is 1.86 bits per heavy atom. The third-order valence-corrected chi connectivity index (χ3v) is 5.53. The Balaban J connectivity index is 1.47. The van der Waals surface area contributed by atoms with Crippen LogP contribution in [0.3, 0.4) is 0 Å². The number of rotatable bonds is 3. The first-order valence-corrected chi connectivity index (χ1v) is 9.80. The second kappa shape index (κ2) is 7.09. The van der Waals surface area contributed by atoms with Crippen LogP contribution in [-0.2, 0) is 12.8 Å². The number of phenols is 1. The van der Waals surface area contributed by atoms with Gasteiger partial charge in [0.15, 0.2) is 0 Å². The van der Waals surface area contributed by atoms with Gasteiger partial charge >= 0.3 is 0 Å². The van der Waals surface area contributed by atoms with Crippen molar-refractivity contribution in [3.8, 4) is 5.75 Å². The second-order valence-corrected chi connectivity index (χ2v) is 7.31. The summed E-state index contributed by atoms with van der Waals surface area (Å²) in [6.07, 6.45) is 5.56. The number of hydrazone groups is 1. The number of phenolic OH excluding ortho intramolecular Hbond substituents is 1. The number of amides is 1. The summed E-state index contributed by atoms with van der Waals surface area (Å²) in [5, 5.41) is 17.3. The number of hydrogen-bond acceptors (Lipinski definition) is 4. The molecule has 0 atom stereocenters. The second-order valence-electron chi connectivity index (χ2n) is 7.31. The molecule has 0 bridgehead atoms. The molecule has 5 nitrogen and oxygen atoms in total. The predicted molar refractivity (Wildman–Crippen MR) is 114 cm³/mol. The first-order valence-electron chi connectivity index (χ1n) is 9.80. The van der Waals surface area contributed by atoms with Gasteiger partial charge in [-0.2, -0.15) is 5.10 Å². The number of fused-ring (bicyclic) bond motifs is 4. The van der Waals surface area contributed by atoms with Gasteiger partial charge in [-0.25, -0.2) is 5.43 Å². The number of carbonyl (C=O) groups excluding carboxylic acids is 1. The first-order chi connectivity index (χ1) is 14.2. The fourth-order valence-electron chi connectivity index (χ4n) is 4.14. The van der Waals surface area contributed by atoms with Crippen LogP contribution >= 0.6 is 0 Å². The lowest BCUT2D eigenvalue weighted by Gasteiger charge is -2.10. The lowest BCUT2D eigenvalue weighted by Crippen LogP contribution is -2.18. The Kier molecular flexibility index (Phi) is 4.28. The van der Waals surface area contributed by atoms with Crippen LogP contribution in [0.2, 0.25) is 0 Å². The maximum Gasteiger partial charge on any atom is 0.271 e. The van der Waals surface area contributed by atoms with Crippen LogP contribution in [-0.4, -0.2) is 17.2 Å². The van der Waals surface area contributed by atoms with Crippen molar-refractivity contribution in [2.24, 2.45) is 5.10 Å². The molecule has 0 fully saturated rings. The molecular formula is C24H20N2O3. The van der Waals surface area contributed by atoms with Crippen molar-refractivity contribution < 1.29 is 14.3 Å². The monoisotopic (exact) mass is 384 g/mol. The first kappa shape index (κ1) is 17.5. The summed E-state index contributed by atoms with van der Waals surface area (Å²) in [6.45, 7) is 0. The molecule has 0 unspecified atom stereocenters. The number of benzene rings is 3. The lowest BCUT2D eigenvalue weighted by molar-refractivity contribution is 0.0957. The van der Waals surface area contributed by atoms with Gasteiger partial charge in [-0.15, -0.1) is 0 Å². The van der Waals surface area contributed by atoms with Crippen molar-refractivity contribution in [2.75, 3.05) is 0 Å². The molecule has 1 aliphatic rings. The Labute approximate surface area is 167 Å². The van der Waals surface area contributed by atoms with E-state index >= 15 is 0 Å². The molecule has 5 heteroatoms. The zero-order valence-corrected chi connectivity index (χ0v) is 15.8. The minimum absolute atomic E-state index is 0.120. The van der Waals surface area contributed by atoms with E-state index in [1.54, 1.807) is 18.2 Å². The summed E-state index contributed by atoms with van der Waals surface area (Å²) >= 11 is 0. The van der Waals surface area contributed by atoms with E-state index in [-0.39, 0.29) is 11.7 Å². The quantitative estimate of drug-likeness (QED) is 0.388. The highest BCUT2D eigenvalue weighted by Crippen LogP contribution is 2.36. The van der Waals surface area contributed by atoms with Crippen LogP contribution in [0, 0.1) is 0 Å². The number of carbonyl (C=O) groups is 1. The third-order valence-electron chi connectivity index (χ3n) is 5.53. The van der Waals surface area contributed by atoms with Gasteiger partial charge in [-0.05, 0) is 48.2 Å². The molecule has 0 spiro atoms. The van der Waals surface area contributed by atoms with Gasteiger partial charge in [0.25, 0.3) is 5.91 Å². The number of aromatic hydroxyl groups is 1. The number of furan rings is 1. The zero-order valence-electron chi connectivity index (χ0n) is 15.8. The highest BCUT2D eigenvalue weighted by atomic mass is 16.3. The maximum atomic E-state index is 12.7. The molecule has 0 radical (unpaired) electrons. The lowest BCUT2D eigenvalue weighted by atomic mass is 9.94. The Hall–Kier alpha value is -3.60. The van der Waals surface area contributed by atoms with E-state index in [9.17, 15) is 9.90 Å². The van der Waals surface area contributed by atoms with Crippen molar-refractivity contribution >= 4 is 33.9 Å². The molecule has 1 aliphatic carbocycles. The molecule has 3 aromatic carbocycles. The van der Waals surface area contributed by atoms with E-state index in [0.717, 1.165) is 58.7 Å². The fourth-order valence-corrected chi connectivity index (χ4v) is 4.14.